The predicted molar refractivity (Wildman–Crippen MR) is 79.1 cm³/mol. The highest BCUT2D eigenvalue weighted by molar-refractivity contribution is 7.99. The highest BCUT2D eigenvalue weighted by Crippen LogP contribution is 2.44. The number of carbonyl (C=O) groups is 1. The molecule has 0 aromatic carbocycles. The molecule has 0 aromatic heterocycles. The molecule has 0 saturated carbocycles. The average molecular weight is 269 g/mol. The van der Waals surface area contributed by atoms with Crippen LogP contribution < -0.4 is 0 Å². The summed E-state index contributed by atoms with van der Waals surface area (Å²) >= 11 is 2.05. The lowest BCUT2D eigenvalue weighted by atomic mass is 9.84. The third-order valence-corrected chi connectivity index (χ3v) is 5.44. The van der Waals surface area contributed by atoms with Gasteiger partial charge in [-0.05, 0) is 38.9 Å². The summed E-state index contributed by atoms with van der Waals surface area (Å²) in [7, 11) is 0. The van der Waals surface area contributed by atoms with Crippen molar-refractivity contribution in [3.63, 3.8) is 0 Å². The molecular weight excluding hydrogens is 242 g/mol. The standard InChI is InChI=1S/C15H27NOS/c1-14(2,3)13(17)11-7-10-8-18-9-12(10)16(11)15(4,5)6/h10-12H,7-9H2,1-6H3. The molecule has 18 heavy (non-hydrogen) atoms. The molecule has 104 valence electrons. The minimum Gasteiger partial charge on any atom is -0.297 e. The number of thioether (sulfide) groups is 1. The van der Waals surface area contributed by atoms with Crippen LogP contribution >= 0.6 is 11.8 Å². The smallest absolute Gasteiger partial charge is 0.155 e. The normalized spacial score (nSPS) is 33.8. The Hall–Kier alpha value is -0.0200. The second kappa shape index (κ2) is 4.52. The number of hydrogen-bond acceptors (Lipinski definition) is 3. The lowest BCUT2D eigenvalue weighted by Crippen LogP contribution is -2.54. The van der Waals surface area contributed by atoms with Crippen molar-refractivity contribution in [3.05, 3.63) is 0 Å². The maximum absolute atomic E-state index is 12.7. The Morgan fingerprint density at radius 3 is 2.22 bits per heavy atom. The first-order valence-electron chi connectivity index (χ1n) is 7.03. The lowest BCUT2D eigenvalue weighted by Gasteiger charge is -2.41. The van der Waals surface area contributed by atoms with E-state index in [1.54, 1.807) is 0 Å². The molecule has 3 unspecified atom stereocenters. The van der Waals surface area contributed by atoms with Gasteiger partial charge in [0.15, 0.2) is 5.78 Å². The van der Waals surface area contributed by atoms with Gasteiger partial charge >= 0.3 is 0 Å². The number of likely N-dealkylation sites (tertiary alicyclic amines) is 1. The quantitative estimate of drug-likeness (QED) is 0.729. The molecule has 0 N–H and O–H groups in total. The average Bonchev–Trinajstić information content (AvgIpc) is 2.70. The van der Waals surface area contributed by atoms with Crippen molar-refractivity contribution in [1.82, 2.24) is 4.90 Å². The number of nitrogens with zero attached hydrogens (tertiary/aromatic N) is 1. The Labute approximate surface area is 116 Å². The van der Waals surface area contributed by atoms with Crippen LogP contribution in [-0.2, 0) is 4.79 Å². The van der Waals surface area contributed by atoms with Gasteiger partial charge in [-0.3, -0.25) is 9.69 Å². The summed E-state index contributed by atoms with van der Waals surface area (Å²) in [5.74, 6) is 3.60. The van der Waals surface area contributed by atoms with E-state index in [0.717, 1.165) is 12.3 Å². The molecule has 0 amide bonds. The Morgan fingerprint density at radius 2 is 1.72 bits per heavy atom. The van der Waals surface area contributed by atoms with Gasteiger partial charge in [0.05, 0.1) is 6.04 Å². The molecule has 2 heterocycles. The van der Waals surface area contributed by atoms with Gasteiger partial charge in [0.2, 0.25) is 0 Å². The highest BCUT2D eigenvalue weighted by Gasteiger charge is 2.51. The molecule has 3 heteroatoms. The number of rotatable bonds is 1. The molecule has 0 aromatic rings. The van der Waals surface area contributed by atoms with Crippen LogP contribution in [0.4, 0.5) is 0 Å². The van der Waals surface area contributed by atoms with Gasteiger partial charge in [0, 0.05) is 22.7 Å². The Bertz CT molecular complexity index is 339. The molecule has 2 saturated heterocycles. The van der Waals surface area contributed by atoms with E-state index in [2.05, 4.69) is 58.2 Å². The first-order valence-corrected chi connectivity index (χ1v) is 8.18. The van der Waals surface area contributed by atoms with Crippen molar-refractivity contribution >= 4 is 17.5 Å². The van der Waals surface area contributed by atoms with E-state index in [9.17, 15) is 4.79 Å². The van der Waals surface area contributed by atoms with Crippen molar-refractivity contribution in [2.24, 2.45) is 11.3 Å². The van der Waals surface area contributed by atoms with Crippen LogP contribution in [-0.4, -0.2) is 39.8 Å². The summed E-state index contributed by atoms with van der Waals surface area (Å²) in [5, 5.41) is 0. The van der Waals surface area contributed by atoms with E-state index in [-0.39, 0.29) is 17.0 Å². The van der Waals surface area contributed by atoms with Gasteiger partial charge in [-0.25, -0.2) is 0 Å². The van der Waals surface area contributed by atoms with E-state index in [1.807, 2.05) is 0 Å². The van der Waals surface area contributed by atoms with E-state index in [1.165, 1.54) is 11.5 Å². The summed E-state index contributed by atoms with van der Waals surface area (Å²) in [6.07, 6.45) is 1.07. The minimum atomic E-state index is -0.222. The van der Waals surface area contributed by atoms with Crippen LogP contribution in [0.1, 0.15) is 48.0 Å². The SMILES string of the molecule is CC(C)(C)C(=O)C1CC2CSCC2N1C(C)(C)C. The number of hydrogen-bond donors (Lipinski definition) is 0. The van der Waals surface area contributed by atoms with Crippen LogP contribution in [0.5, 0.6) is 0 Å². The zero-order valence-electron chi connectivity index (χ0n) is 12.6. The first-order chi connectivity index (χ1) is 8.12. The van der Waals surface area contributed by atoms with Crippen molar-refractivity contribution in [3.8, 4) is 0 Å². The Morgan fingerprint density at radius 1 is 1.11 bits per heavy atom. The molecule has 3 atom stereocenters. The first kappa shape index (κ1) is 14.4. The van der Waals surface area contributed by atoms with E-state index < -0.39 is 0 Å². The zero-order chi connectivity index (χ0) is 13.7. The topological polar surface area (TPSA) is 20.3 Å². The molecule has 2 fully saturated rings. The molecule has 0 radical (unpaired) electrons. The van der Waals surface area contributed by atoms with Crippen molar-refractivity contribution in [2.75, 3.05) is 11.5 Å². The van der Waals surface area contributed by atoms with Gasteiger partial charge in [0.1, 0.15) is 0 Å². The summed E-state index contributed by atoms with van der Waals surface area (Å²) in [6, 6.07) is 0.757. The lowest BCUT2D eigenvalue weighted by molar-refractivity contribution is -0.133. The van der Waals surface area contributed by atoms with Crippen LogP contribution in [0, 0.1) is 11.3 Å². The second-order valence-electron chi connectivity index (χ2n) is 7.81. The Kier molecular flexibility index (Phi) is 3.61. The van der Waals surface area contributed by atoms with Gasteiger partial charge in [-0.2, -0.15) is 11.8 Å². The highest BCUT2D eigenvalue weighted by atomic mass is 32.2. The third kappa shape index (κ3) is 2.49. The second-order valence-corrected chi connectivity index (χ2v) is 8.88. The van der Waals surface area contributed by atoms with Crippen LogP contribution in [0.3, 0.4) is 0 Å². The number of ketones is 1. The van der Waals surface area contributed by atoms with E-state index in [0.29, 0.717) is 11.8 Å². The monoisotopic (exact) mass is 269 g/mol. The van der Waals surface area contributed by atoms with Gasteiger partial charge in [-0.1, -0.05) is 20.8 Å². The summed E-state index contributed by atoms with van der Waals surface area (Å²) < 4.78 is 0. The molecule has 2 nitrogen and oxygen atoms in total. The molecule has 2 aliphatic heterocycles. The number of fused-ring (bicyclic) bond motifs is 1. The molecule has 0 aliphatic carbocycles. The minimum absolute atomic E-state index is 0.0931. The maximum atomic E-state index is 12.7. The fraction of sp³-hybridized carbons (Fsp3) is 0.933. The van der Waals surface area contributed by atoms with Crippen molar-refractivity contribution in [1.29, 1.82) is 0 Å². The van der Waals surface area contributed by atoms with Crippen LogP contribution in [0.25, 0.3) is 0 Å². The summed E-state index contributed by atoms with van der Waals surface area (Å²) in [6.45, 7) is 12.9. The summed E-state index contributed by atoms with van der Waals surface area (Å²) in [4.78, 5) is 15.2. The van der Waals surface area contributed by atoms with Crippen molar-refractivity contribution < 1.29 is 4.79 Å². The fourth-order valence-corrected chi connectivity index (χ4v) is 4.92. The Balaban J connectivity index is 2.27. The predicted octanol–water partition coefficient (Wildman–Crippen LogP) is 3.21. The van der Waals surface area contributed by atoms with Gasteiger partial charge < -0.3 is 0 Å². The number of Topliss-reactive ketones (excluding diaryl/α,β-unsaturated/α-hetero) is 1. The number of carbonyl (C=O) groups excluding carboxylic acids is 1. The molecule has 0 spiro atoms. The third-order valence-electron chi connectivity index (χ3n) is 4.20. The largest absolute Gasteiger partial charge is 0.297 e. The molecule has 0 bridgehead atoms. The van der Waals surface area contributed by atoms with Crippen LogP contribution in [0.2, 0.25) is 0 Å². The van der Waals surface area contributed by atoms with Crippen molar-refractivity contribution in [2.45, 2.75) is 65.6 Å². The van der Waals surface area contributed by atoms with E-state index in [4.69, 9.17) is 0 Å². The zero-order valence-corrected chi connectivity index (χ0v) is 13.4. The fourth-order valence-electron chi connectivity index (χ4n) is 3.45. The van der Waals surface area contributed by atoms with E-state index >= 15 is 0 Å². The maximum Gasteiger partial charge on any atom is 0.155 e. The molecule has 2 aliphatic rings. The summed E-state index contributed by atoms with van der Waals surface area (Å²) in [5.41, 5.74) is -0.129. The molecular formula is C15H27NOS. The molecule has 2 rings (SSSR count). The van der Waals surface area contributed by atoms with Gasteiger partial charge in [-0.15, -0.1) is 0 Å². The van der Waals surface area contributed by atoms with Crippen LogP contribution in [0.15, 0.2) is 0 Å². The van der Waals surface area contributed by atoms with Gasteiger partial charge in [0.25, 0.3) is 0 Å².